The molecule has 1 aliphatic heterocycles. The lowest BCUT2D eigenvalue weighted by atomic mass is 10.2. The molecule has 2 N–H and O–H groups in total. The van der Waals surface area contributed by atoms with Crippen LogP contribution in [0.1, 0.15) is 13.8 Å². The molecule has 0 saturated heterocycles. The zero-order valence-electron chi connectivity index (χ0n) is 16.6. The first-order chi connectivity index (χ1) is 12.8. The Morgan fingerprint density at radius 3 is 2.63 bits per heavy atom. The van der Waals surface area contributed by atoms with Crippen molar-refractivity contribution in [2.24, 2.45) is 0 Å². The van der Waals surface area contributed by atoms with Crippen LogP contribution < -0.4 is 4.90 Å². The normalized spacial score (nSPS) is 17.4. The van der Waals surface area contributed by atoms with Gasteiger partial charge < -0.3 is 20.0 Å². The third kappa shape index (κ3) is 8.03. The molecule has 2 rings (SSSR count). The minimum atomic E-state index is -0.912. The molecule has 1 aliphatic rings. The fourth-order valence-corrected chi connectivity index (χ4v) is 3.18. The van der Waals surface area contributed by atoms with Gasteiger partial charge in [-0.05, 0) is 52.2 Å². The summed E-state index contributed by atoms with van der Waals surface area (Å²) in [6.45, 7) is 8.66. The number of benzene rings is 1. The molecule has 1 amide bonds. The molecule has 5 nitrogen and oxygen atoms in total. The van der Waals surface area contributed by atoms with Gasteiger partial charge in [-0.3, -0.25) is 4.79 Å². The van der Waals surface area contributed by atoms with Crippen LogP contribution in [0.15, 0.2) is 65.3 Å². The van der Waals surface area contributed by atoms with Crippen LogP contribution in [0.2, 0.25) is 0 Å². The summed E-state index contributed by atoms with van der Waals surface area (Å²) in [6, 6.07) is 7.81. The van der Waals surface area contributed by atoms with Crippen molar-refractivity contribution < 1.29 is 15.0 Å². The molecule has 27 heavy (non-hydrogen) atoms. The van der Waals surface area contributed by atoms with Crippen LogP contribution in [-0.2, 0) is 4.79 Å². The number of amides is 1. The van der Waals surface area contributed by atoms with Gasteiger partial charge in [-0.15, -0.1) is 11.8 Å². The van der Waals surface area contributed by atoms with E-state index in [4.69, 9.17) is 5.11 Å². The van der Waals surface area contributed by atoms with Crippen LogP contribution in [0.5, 0.6) is 0 Å². The van der Waals surface area contributed by atoms with Crippen molar-refractivity contribution in [3.05, 3.63) is 60.4 Å². The second kappa shape index (κ2) is 11.6. The average Bonchev–Trinajstić information content (AvgIpc) is 2.76. The molecule has 0 aliphatic carbocycles. The van der Waals surface area contributed by atoms with Gasteiger partial charge in [0.15, 0.2) is 0 Å². The molecule has 148 valence electrons. The Morgan fingerprint density at radius 2 is 2.04 bits per heavy atom. The highest BCUT2D eigenvalue weighted by atomic mass is 32.2. The molecule has 1 aromatic carbocycles. The van der Waals surface area contributed by atoms with Gasteiger partial charge in [0.2, 0.25) is 0 Å². The lowest BCUT2D eigenvalue weighted by Gasteiger charge is -2.25. The Morgan fingerprint density at radius 1 is 1.37 bits per heavy atom. The van der Waals surface area contributed by atoms with Gasteiger partial charge in [0, 0.05) is 23.7 Å². The van der Waals surface area contributed by atoms with Crippen molar-refractivity contribution >= 4 is 23.4 Å². The molecule has 1 unspecified atom stereocenters. The number of allylic oxidation sites excluding steroid dienone is 4. The summed E-state index contributed by atoms with van der Waals surface area (Å²) in [5.74, 6) is 0.501. The molecule has 0 saturated carbocycles. The number of hydrogen-bond donors (Lipinski definition) is 2. The van der Waals surface area contributed by atoms with Crippen molar-refractivity contribution in [3.8, 4) is 0 Å². The molecule has 6 heteroatoms. The van der Waals surface area contributed by atoms with Crippen LogP contribution >= 0.6 is 11.8 Å². The number of carbonyl (C=O) groups is 1. The van der Waals surface area contributed by atoms with Crippen molar-refractivity contribution in [1.29, 1.82) is 0 Å². The van der Waals surface area contributed by atoms with Gasteiger partial charge in [0.05, 0.1) is 5.69 Å². The van der Waals surface area contributed by atoms with E-state index in [0.29, 0.717) is 12.3 Å². The molecule has 0 bridgehead atoms. The highest BCUT2D eigenvalue weighted by Gasteiger charge is 2.28. The third-order valence-corrected chi connectivity index (χ3v) is 4.85. The maximum absolute atomic E-state index is 12.2. The fourth-order valence-electron chi connectivity index (χ4n) is 2.20. The summed E-state index contributed by atoms with van der Waals surface area (Å²) in [5.41, 5.74) is 1.84. The molecule has 1 heterocycles. The predicted octanol–water partition coefficient (Wildman–Crippen LogP) is 3.63. The zero-order valence-corrected chi connectivity index (χ0v) is 17.4. The molecule has 1 atom stereocenters. The molecule has 0 radical (unpaired) electrons. The monoisotopic (exact) mass is 390 g/mol. The second-order valence-corrected chi connectivity index (χ2v) is 7.54. The standard InChI is InChI=1S/C13H18N2O2S.C8H12O/c1-14(2)7-8-15-10-5-3-4-6-12(10)18-9-11(16)13(15)17;1-4-8(9)6-5-7(2)3/h3-6,11,16H,7-9H2,1-2H3;4-6,9H,2H2,1,3H3/b;6-5-,8-4+. The van der Waals surface area contributed by atoms with Crippen molar-refractivity contribution in [2.75, 3.05) is 37.8 Å². The van der Waals surface area contributed by atoms with Gasteiger partial charge in [0.25, 0.3) is 5.91 Å². The van der Waals surface area contributed by atoms with E-state index in [2.05, 4.69) is 6.58 Å². The van der Waals surface area contributed by atoms with E-state index < -0.39 is 6.10 Å². The van der Waals surface area contributed by atoms with Crippen LogP contribution in [0.4, 0.5) is 5.69 Å². The fraction of sp³-hybridized carbons (Fsp3) is 0.381. The number of fused-ring (bicyclic) bond motifs is 1. The molecule has 0 spiro atoms. The molecule has 0 aromatic heterocycles. The summed E-state index contributed by atoms with van der Waals surface area (Å²) >= 11 is 1.53. The Bertz CT molecular complexity index is 698. The van der Waals surface area contributed by atoms with Crippen LogP contribution in [-0.4, -0.2) is 60.1 Å². The number of nitrogens with zero attached hydrogens (tertiary/aromatic N) is 2. The number of aliphatic hydroxyl groups is 2. The molecular weight excluding hydrogens is 360 g/mol. The van der Waals surface area contributed by atoms with E-state index in [-0.39, 0.29) is 11.7 Å². The maximum Gasteiger partial charge on any atom is 0.256 e. The highest BCUT2D eigenvalue weighted by molar-refractivity contribution is 7.99. The van der Waals surface area contributed by atoms with Crippen LogP contribution in [0.3, 0.4) is 0 Å². The van der Waals surface area contributed by atoms with Gasteiger partial charge >= 0.3 is 0 Å². The summed E-state index contributed by atoms with van der Waals surface area (Å²) in [7, 11) is 3.94. The smallest absolute Gasteiger partial charge is 0.256 e. The summed E-state index contributed by atoms with van der Waals surface area (Å²) in [4.78, 5) is 16.9. The first-order valence-corrected chi connectivity index (χ1v) is 9.79. The van der Waals surface area contributed by atoms with Crippen molar-refractivity contribution in [2.45, 2.75) is 24.8 Å². The predicted molar refractivity (Wildman–Crippen MR) is 114 cm³/mol. The SMILES string of the molecule is C=C(C)/C=C\C(O)=C/C.CN(C)CCN1C(=O)C(O)CSc2ccccc21. The van der Waals surface area contributed by atoms with E-state index in [0.717, 1.165) is 22.7 Å². The maximum atomic E-state index is 12.2. The number of hydrogen-bond acceptors (Lipinski definition) is 5. The van der Waals surface area contributed by atoms with Gasteiger partial charge in [-0.1, -0.05) is 30.4 Å². The average molecular weight is 391 g/mol. The first-order valence-electron chi connectivity index (χ1n) is 8.81. The number of anilines is 1. The van der Waals surface area contributed by atoms with Crippen molar-refractivity contribution in [1.82, 2.24) is 4.90 Å². The number of rotatable bonds is 5. The molecule has 1 aromatic rings. The van der Waals surface area contributed by atoms with E-state index in [1.54, 1.807) is 30.1 Å². The summed E-state index contributed by atoms with van der Waals surface area (Å²) < 4.78 is 0. The quantitative estimate of drug-likeness (QED) is 0.594. The third-order valence-electron chi connectivity index (χ3n) is 3.71. The first kappa shape index (κ1) is 23.0. The molecule has 0 fully saturated rings. The largest absolute Gasteiger partial charge is 0.508 e. The summed E-state index contributed by atoms with van der Waals surface area (Å²) in [5, 5.41) is 18.7. The number of thioether (sulfide) groups is 1. The van der Waals surface area contributed by atoms with E-state index in [1.165, 1.54) is 11.8 Å². The molecular formula is C21H30N2O3S. The number of likely N-dealkylation sites (N-methyl/N-ethyl adjacent to an activating group) is 1. The van der Waals surface area contributed by atoms with Crippen molar-refractivity contribution in [3.63, 3.8) is 0 Å². The minimum Gasteiger partial charge on any atom is -0.508 e. The lowest BCUT2D eigenvalue weighted by molar-refractivity contribution is -0.125. The van der Waals surface area contributed by atoms with Gasteiger partial charge in [0.1, 0.15) is 11.9 Å². The number of para-hydroxylation sites is 1. The van der Waals surface area contributed by atoms with E-state index in [1.807, 2.05) is 50.2 Å². The topological polar surface area (TPSA) is 64.0 Å². The summed E-state index contributed by atoms with van der Waals surface area (Å²) in [6.07, 6.45) is 4.08. The number of aliphatic hydroxyl groups excluding tert-OH is 2. The Kier molecular flexibility index (Phi) is 9.93. The minimum absolute atomic E-state index is 0.200. The highest BCUT2D eigenvalue weighted by Crippen LogP contribution is 2.33. The number of carbonyl (C=O) groups excluding carboxylic acids is 1. The van der Waals surface area contributed by atoms with Crippen LogP contribution in [0.25, 0.3) is 0 Å². The van der Waals surface area contributed by atoms with E-state index in [9.17, 15) is 9.90 Å². The van der Waals surface area contributed by atoms with Gasteiger partial charge in [-0.25, -0.2) is 0 Å². The van der Waals surface area contributed by atoms with E-state index >= 15 is 0 Å². The second-order valence-electron chi connectivity index (χ2n) is 6.48. The zero-order chi connectivity index (χ0) is 20.4. The Labute approximate surface area is 166 Å². The van der Waals surface area contributed by atoms with Gasteiger partial charge in [-0.2, -0.15) is 0 Å². The Balaban J connectivity index is 0.000000345. The Hall–Kier alpha value is -2.02. The lowest BCUT2D eigenvalue weighted by Crippen LogP contribution is -2.42. The van der Waals surface area contributed by atoms with Crippen LogP contribution in [0, 0.1) is 0 Å².